The maximum atomic E-state index is 14.9. The Morgan fingerprint density at radius 2 is 1.67 bits per heavy atom. The molecule has 0 unspecified atom stereocenters. The first kappa shape index (κ1) is 32.2. The largest absolute Gasteiger partial charge is 0.480 e. The Morgan fingerprint density at radius 1 is 0.979 bits per heavy atom. The number of hydrogen-bond acceptors (Lipinski definition) is 11. The summed E-state index contributed by atoms with van der Waals surface area (Å²) in [7, 11) is 5.54. The molecule has 3 aromatic heterocycles. The zero-order valence-electron chi connectivity index (χ0n) is 25.7. The number of imide groups is 1. The first-order valence-electron chi connectivity index (χ1n) is 14.0. The molecule has 2 N–H and O–H groups in total. The van der Waals surface area contributed by atoms with Gasteiger partial charge in [-0.25, -0.2) is 43.6 Å². The molecule has 48 heavy (non-hydrogen) atoms. The summed E-state index contributed by atoms with van der Waals surface area (Å²) in [5.41, 5.74) is 4.11. The van der Waals surface area contributed by atoms with Crippen LogP contribution in [-0.4, -0.2) is 59.8 Å². The quantitative estimate of drug-likeness (QED) is 0.244. The Hall–Kier alpha value is -5.72. The monoisotopic (exact) mass is 680 g/mol. The molecule has 5 aromatic rings. The molecule has 4 heterocycles. The Balaban J connectivity index is 1.59. The van der Waals surface area contributed by atoms with Gasteiger partial charge in [0, 0.05) is 46.9 Å². The lowest BCUT2D eigenvalue weighted by molar-refractivity contribution is 0.101. The Labute approximate surface area is 273 Å². The van der Waals surface area contributed by atoms with Gasteiger partial charge in [0.15, 0.2) is 5.82 Å². The number of carbonyl (C=O) groups is 2. The van der Waals surface area contributed by atoms with Gasteiger partial charge < -0.3 is 9.64 Å². The number of benzene rings is 2. The molecule has 0 bridgehead atoms. The molecule has 0 saturated heterocycles. The Kier molecular flexibility index (Phi) is 8.61. The number of anilines is 2. The van der Waals surface area contributed by atoms with Gasteiger partial charge in [-0.2, -0.15) is 0 Å². The standard InChI is InChI=1S/C30H26F2N8O7S/c1-37-13-18-24-26(41)40(22-10-11-23(45-2)34-33-22)30(44)38(14-17-19(31)6-5-7-20(17)32)27(24)48-25(18)16-9-8-15(12-21(16)37)39(28(42)35-46-3)29(43)36-47-4/h5-12H,13-14H2,1-4H3,(H,35,42)(H,36,43). The summed E-state index contributed by atoms with van der Waals surface area (Å²) in [6.07, 6.45) is 0. The van der Waals surface area contributed by atoms with Crippen LogP contribution in [0.25, 0.3) is 26.5 Å². The average molecular weight is 681 g/mol. The second-order valence-corrected chi connectivity index (χ2v) is 11.3. The number of ether oxygens (including phenoxy) is 1. The van der Waals surface area contributed by atoms with Crippen LogP contribution in [-0.2, 0) is 22.8 Å². The topological polar surface area (TPSA) is 162 Å². The van der Waals surface area contributed by atoms with Crippen molar-refractivity contribution in [3.05, 3.63) is 92.1 Å². The maximum Gasteiger partial charge on any atom is 0.354 e. The number of nitrogens with zero attached hydrogens (tertiary/aromatic N) is 6. The Morgan fingerprint density at radius 3 is 2.27 bits per heavy atom. The summed E-state index contributed by atoms with van der Waals surface area (Å²) < 4.78 is 36.8. The number of nitrogens with one attached hydrogen (secondary N) is 2. The molecular weight excluding hydrogens is 654 g/mol. The van der Waals surface area contributed by atoms with Gasteiger partial charge in [-0.15, -0.1) is 21.5 Å². The van der Waals surface area contributed by atoms with Crippen LogP contribution in [0.2, 0.25) is 0 Å². The van der Waals surface area contributed by atoms with Gasteiger partial charge in [0.1, 0.15) is 16.5 Å². The molecule has 6 rings (SSSR count). The first-order valence-corrected chi connectivity index (χ1v) is 14.8. The van der Waals surface area contributed by atoms with E-state index in [-0.39, 0.29) is 39.7 Å². The van der Waals surface area contributed by atoms with Crippen LogP contribution in [0.1, 0.15) is 11.1 Å². The summed E-state index contributed by atoms with van der Waals surface area (Å²) in [5, 5.41) is 8.02. The van der Waals surface area contributed by atoms with Crippen LogP contribution < -0.4 is 36.7 Å². The fraction of sp³-hybridized carbons (Fsp3) is 0.200. The van der Waals surface area contributed by atoms with E-state index in [0.717, 1.165) is 37.5 Å². The second kappa shape index (κ2) is 12.8. The van der Waals surface area contributed by atoms with Gasteiger partial charge in [-0.3, -0.25) is 19.0 Å². The van der Waals surface area contributed by atoms with Gasteiger partial charge in [-0.05, 0) is 36.4 Å². The lowest BCUT2D eigenvalue weighted by Gasteiger charge is -2.29. The molecule has 15 nitrogen and oxygen atoms in total. The molecule has 0 fully saturated rings. The molecule has 1 aliphatic rings. The maximum absolute atomic E-state index is 14.9. The normalized spacial score (nSPS) is 12.0. The first-order chi connectivity index (χ1) is 23.1. The van der Waals surface area contributed by atoms with Crippen LogP contribution in [0.15, 0.2) is 58.1 Å². The second-order valence-electron chi connectivity index (χ2n) is 10.3. The fourth-order valence-corrected chi connectivity index (χ4v) is 6.77. The van der Waals surface area contributed by atoms with Crippen molar-refractivity contribution < 1.29 is 32.8 Å². The number of hydrogen-bond donors (Lipinski definition) is 2. The zero-order chi connectivity index (χ0) is 34.3. The molecule has 0 radical (unpaired) electrons. The molecule has 0 aliphatic carbocycles. The van der Waals surface area contributed by atoms with Gasteiger partial charge >= 0.3 is 17.8 Å². The van der Waals surface area contributed by atoms with E-state index in [4.69, 9.17) is 14.4 Å². The molecule has 18 heteroatoms. The minimum absolute atomic E-state index is 0.117. The highest BCUT2D eigenvalue weighted by Crippen LogP contribution is 2.47. The van der Waals surface area contributed by atoms with Crippen molar-refractivity contribution in [2.75, 3.05) is 38.2 Å². The number of thiophene rings is 1. The lowest BCUT2D eigenvalue weighted by Crippen LogP contribution is -2.48. The molecular formula is C30H26F2N8O7S. The Bertz CT molecular complexity index is 2160. The number of carbonyl (C=O) groups excluding carboxylic acids is 2. The fourth-order valence-electron chi connectivity index (χ4n) is 5.44. The molecule has 0 saturated carbocycles. The van der Waals surface area contributed by atoms with E-state index in [9.17, 15) is 28.0 Å². The smallest absolute Gasteiger partial charge is 0.354 e. The van der Waals surface area contributed by atoms with Gasteiger partial charge in [0.25, 0.3) is 5.56 Å². The van der Waals surface area contributed by atoms with Crippen molar-refractivity contribution in [1.82, 2.24) is 30.3 Å². The minimum atomic E-state index is -0.903. The van der Waals surface area contributed by atoms with E-state index in [2.05, 4.69) is 21.2 Å². The van der Waals surface area contributed by atoms with E-state index < -0.39 is 41.5 Å². The van der Waals surface area contributed by atoms with Crippen molar-refractivity contribution in [3.63, 3.8) is 0 Å². The highest BCUT2D eigenvalue weighted by Gasteiger charge is 2.32. The van der Waals surface area contributed by atoms with Gasteiger partial charge in [0.05, 0.1) is 38.9 Å². The van der Waals surface area contributed by atoms with Crippen LogP contribution in [0, 0.1) is 11.6 Å². The molecule has 248 valence electrons. The predicted octanol–water partition coefficient (Wildman–Crippen LogP) is 3.30. The lowest BCUT2D eigenvalue weighted by atomic mass is 9.99. The summed E-state index contributed by atoms with van der Waals surface area (Å²) in [4.78, 5) is 66.4. The predicted molar refractivity (Wildman–Crippen MR) is 170 cm³/mol. The van der Waals surface area contributed by atoms with Crippen LogP contribution in [0.3, 0.4) is 0 Å². The highest BCUT2D eigenvalue weighted by molar-refractivity contribution is 7.22. The van der Waals surface area contributed by atoms with Crippen molar-refractivity contribution in [3.8, 4) is 22.1 Å². The van der Waals surface area contributed by atoms with Gasteiger partial charge in [0.2, 0.25) is 5.88 Å². The summed E-state index contributed by atoms with van der Waals surface area (Å²) in [6.45, 7) is -0.382. The summed E-state index contributed by atoms with van der Waals surface area (Å²) >= 11 is 1.09. The molecule has 4 amide bonds. The van der Waals surface area contributed by atoms with Crippen LogP contribution in [0.4, 0.5) is 29.7 Å². The number of urea groups is 2. The molecule has 2 aromatic carbocycles. The minimum Gasteiger partial charge on any atom is -0.480 e. The highest BCUT2D eigenvalue weighted by atomic mass is 32.1. The number of methoxy groups -OCH3 is 1. The SMILES string of the molecule is CONC(=O)N(C(=O)NOC)c1ccc2c(c1)N(C)Cc1c-2sc2c1c(=O)n(-c1ccc(OC)nn1)c(=O)n2Cc1c(F)cccc1F. The van der Waals surface area contributed by atoms with E-state index in [0.29, 0.717) is 21.7 Å². The summed E-state index contributed by atoms with van der Waals surface area (Å²) in [5.74, 6) is -1.70. The van der Waals surface area contributed by atoms with Crippen molar-refractivity contribution in [2.45, 2.75) is 13.1 Å². The van der Waals surface area contributed by atoms with E-state index in [1.54, 1.807) is 24.1 Å². The molecule has 0 atom stereocenters. The third kappa shape index (κ3) is 5.40. The molecule has 1 aliphatic heterocycles. The number of halogens is 2. The van der Waals surface area contributed by atoms with E-state index in [1.165, 1.54) is 45.6 Å². The van der Waals surface area contributed by atoms with E-state index >= 15 is 0 Å². The van der Waals surface area contributed by atoms with Crippen molar-refractivity contribution in [1.29, 1.82) is 0 Å². The number of hydroxylamine groups is 2. The number of aromatic nitrogens is 4. The number of amides is 4. The van der Waals surface area contributed by atoms with Gasteiger partial charge in [-0.1, -0.05) is 6.07 Å². The summed E-state index contributed by atoms with van der Waals surface area (Å²) in [6, 6.07) is 9.10. The third-order valence-electron chi connectivity index (χ3n) is 7.59. The average Bonchev–Trinajstić information content (AvgIpc) is 3.44. The molecule has 0 spiro atoms. The van der Waals surface area contributed by atoms with Crippen molar-refractivity contribution >= 4 is 45.0 Å². The van der Waals surface area contributed by atoms with E-state index in [1.807, 2.05) is 0 Å². The number of fused-ring (bicyclic) bond motifs is 5. The third-order valence-corrected chi connectivity index (χ3v) is 8.88. The van der Waals surface area contributed by atoms with Crippen molar-refractivity contribution in [2.24, 2.45) is 0 Å². The van der Waals surface area contributed by atoms with Crippen LogP contribution >= 0.6 is 11.3 Å². The number of rotatable bonds is 7. The zero-order valence-corrected chi connectivity index (χ0v) is 26.6. The van der Waals surface area contributed by atoms with Crippen LogP contribution in [0.5, 0.6) is 5.88 Å².